The number of amides is 1. The Balaban J connectivity index is 1.95. The minimum absolute atomic E-state index is 0.0818. The lowest BCUT2D eigenvalue weighted by Crippen LogP contribution is -2.42. The highest BCUT2D eigenvalue weighted by Crippen LogP contribution is 2.36. The van der Waals surface area contributed by atoms with E-state index >= 15 is 0 Å². The Kier molecular flexibility index (Phi) is 4.29. The Hall–Kier alpha value is -2.41. The van der Waals surface area contributed by atoms with Crippen molar-refractivity contribution in [1.29, 1.82) is 0 Å². The van der Waals surface area contributed by atoms with Gasteiger partial charge in [0.2, 0.25) is 0 Å². The van der Waals surface area contributed by atoms with Crippen molar-refractivity contribution in [3.8, 4) is 17.0 Å². The van der Waals surface area contributed by atoms with E-state index in [1.54, 1.807) is 24.3 Å². The number of anilines is 1. The fourth-order valence-corrected chi connectivity index (χ4v) is 2.99. The van der Waals surface area contributed by atoms with E-state index in [9.17, 15) is 9.59 Å². The van der Waals surface area contributed by atoms with Crippen molar-refractivity contribution in [3.63, 3.8) is 0 Å². The topological polar surface area (TPSA) is 68.7 Å². The smallest absolute Gasteiger partial charge is 0.326 e. The molecule has 120 valence electrons. The van der Waals surface area contributed by atoms with Gasteiger partial charge in [-0.3, -0.25) is 14.5 Å². The van der Waals surface area contributed by atoms with Gasteiger partial charge in [-0.1, -0.05) is 0 Å². The zero-order chi connectivity index (χ0) is 16.4. The van der Waals surface area contributed by atoms with Gasteiger partial charge in [-0.2, -0.15) is 0 Å². The number of ether oxygens (including phenoxy) is 2. The summed E-state index contributed by atoms with van der Waals surface area (Å²) in [5.41, 5.74) is 2.28. The SMILES string of the molecule is CCOC(=O)CN1C(=O)COc2ccc(-c3csc(C)n3)cc21. The van der Waals surface area contributed by atoms with Gasteiger partial charge in [-0.05, 0) is 32.0 Å². The Morgan fingerprint density at radius 3 is 3.00 bits per heavy atom. The molecule has 0 bridgehead atoms. The molecule has 6 nitrogen and oxygen atoms in total. The molecule has 0 fully saturated rings. The number of hydrogen-bond donors (Lipinski definition) is 0. The van der Waals surface area contributed by atoms with Crippen LogP contribution in [0.5, 0.6) is 5.75 Å². The van der Waals surface area contributed by atoms with Crippen molar-refractivity contribution in [2.24, 2.45) is 0 Å². The van der Waals surface area contributed by atoms with Crippen molar-refractivity contribution in [1.82, 2.24) is 4.98 Å². The molecule has 1 aliphatic heterocycles. The summed E-state index contributed by atoms with van der Waals surface area (Å²) in [5.74, 6) is -0.134. The minimum Gasteiger partial charge on any atom is -0.482 e. The average molecular weight is 332 g/mol. The molecule has 1 aromatic heterocycles. The van der Waals surface area contributed by atoms with Crippen LogP contribution < -0.4 is 9.64 Å². The summed E-state index contributed by atoms with van der Waals surface area (Å²) in [6.45, 7) is 3.74. The van der Waals surface area contributed by atoms with Crippen LogP contribution in [0.4, 0.5) is 5.69 Å². The number of carbonyl (C=O) groups excluding carboxylic acids is 2. The van der Waals surface area contributed by atoms with Crippen LogP contribution in [0.1, 0.15) is 11.9 Å². The second-order valence-electron chi connectivity index (χ2n) is 5.01. The van der Waals surface area contributed by atoms with Crippen LogP contribution in [-0.2, 0) is 14.3 Å². The molecular formula is C16H16N2O4S. The maximum absolute atomic E-state index is 12.1. The predicted octanol–water partition coefficient (Wildman–Crippen LogP) is 2.41. The lowest BCUT2D eigenvalue weighted by atomic mass is 10.1. The first kappa shape index (κ1) is 15.5. The van der Waals surface area contributed by atoms with Crippen LogP contribution >= 0.6 is 11.3 Å². The van der Waals surface area contributed by atoms with E-state index < -0.39 is 5.97 Å². The van der Waals surface area contributed by atoms with E-state index in [0.29, 0.717) is 11.4 Å². The van der Waals surface area contributed by atoms with Crippen molar-refractivity contribution in [2.45, 2.75) is 13.8 Å². The highest BCUT2D eigenvalue weighted by molar-refractivity contribution is 7.09. The fourth-order valence-electron chi connectivity index (χ4n) is 2.37. The number of fused-ring (bicyclic) bond motifs is 1. The predicted molar refractivity (Wildman–Crippen MR) is 86.8 cm³/mol. The summed E-state index contributed by atoms with van der Waals surface area (Å²) in [6.07, 6.45) is 0. The summed E-state index contributed by atoms with van der Waals surface area (Å²) >= 11 is 1.56. The zero-order valence-corrected chi connectivity index (χ0v) is 13.7. The molecule has 0 spiro atoms. The van der Waals surface area contributed by atoms with E-state index in [1.165, 1.54) is 4.90 Å². The Bertz CT molecular complexity index is 756. The van der Waals surface area contributed by atoms with E-state index in [2.05, 4.69) is 4.98 Å². The van der Waals surface area contributed by atoms with Crippen molar-refractivity contribution in [3.05, 3.63) is 28.6 Å². The van der Waals surface area contributed by atoms with Gasteiger partial charge in [-0.15, -0.1) is 11.3 Å². The second-order valence-corrected chi connectivity index (χ2v) is 6.07. The molecule has 2 aromatic rings. The minimum atomic E-state index is -0.441. The first-order chi connectivity index (χ1) is 11.1. The van der Waals surface area contributed by atoms with Gasteiger partial charge < -0.3 is 9.47 Å². The summed E-state index contributed by atoms with van der Waals surface area (Å²) in [7, 11) is 0. The summed E-state index contributed by atoms with van der Waals surface area (Å²) < 4.78 is 10.4. The summed E-state index contributed by atoms with van der Waals surface area (Å²) in [6, 6.07) is 5.51. The van der Waals surface area contributed by atoms with E-state index in [4.69, 9.17) is 9.47 Å². The van der Waals surface area contributed by atoms with Gasteiger partial charge in [-0.25, -0.2) is 4.98 Å². The lowest BCUT2D eigenvalue weighted by Gasteiger charge is -2.28. The van der Waals surface area contributed by atoms with Crippen LogP contribution in [-0.4, -0.2) is 36.6 Å². The first-order valence-corrected chi connectivity index (χ1v) is 8.11. The Labute approximate surface area is 137 Å². The summed E-state index contributed by atoms with van der Waals surface area (Å²) in [5, 5.41) is 2.92. The van der Waals surface area contributed by atoms with Crippen LogP contribution in [0, 0.1) is 6.92 Å². The number of nitrogens with zero attached hydrogens (tertiary/aromatic N) is 2. The molecule has 0 radical (unpaired) electrons. The molecule has 0 atom stereocenters. The quantitative estimate of drug-likeness (QED) is 0.804. The molecule has 0 saturated carbocycles. The number of rotatable bonds is 4. The molecule has 1 aromatic carbocycles. The molecule has 0 N–H and O–H groups in total. The fraction of sp³-hybridized carbons (Fsp3) is 0.312. The van der Waals surface area contributed by atoms with Crippen molar-refractivity contribution in [2.75, 3.05) is 24.7 Å². The molecule has 3 rings (SSSR count). The third kappa shape index (κ3) is 3.19. The molecule has 1 aliphatic rings. The number of thiazole rings is 1. The number of hydrogen-bond acceptors (Lipinski definition) is 6. The molecule has 23 heavy (non-hydrogen) atoms. The molecular weight excluding hydrogens is 316 g/mol. The maximum Gasteiger partial charge on any atom is 0.326 e. The van der Waals surface area contributed by atoms with Gasteiger partial charge >= 0.3 is 5.97 Å². The number of carbonyl (C=O) groups is 2. The van der Waals surface area contributed by atoms with Crippen LogP contribution in [0.15, 0.2) is 23.6 Å². The third-order valence-corrected chi connectivity index (χ3v) is 4.18. The molecule has 0 unspecified atom stereocenters. The average Bonchev–Trinajstić information content (AvgIpc) is 2.96. The molecule has 1 amide bonds. The van der Waals surface area contributed by atoms with Gasteiger partial charge in [0.15, 0.2) is 6.61 Å². The maximum atomic E-state index is 12.1. The van der Waals surface area contributed by atoms with Crippen LogP contribution in [0.3, 0.4) is 0 Å². The molecule has 0 saturated heterocycles. The standard InChI is InChI=1S/C16H16N2O4S/c1-3-21-16(20)7-18-13-6-11(12-9-23-10(2)17-12)4-5-14(13)22-8-15(18)19/h4-6,9H,3,7-8H2,1-2H3. The largest absolute Gasteiger partial charge is 0.482 e. The van der Waals surface area contributed by atoms with Gasteiger partial charge in [0.1, 0.15) is 12.3 Å². The normalized spacial score (nSPS) is 13.5. The Morgan fingerprint density at radius 1 is 1.48 bits per heavy atom. The van der Waals surface area contributed by atoms with Crippen molar-refractivity contribution >= 4 is 28.9 Å². The molecule has 2 heterocycles. The number of aromatic nitrogens is 1. The summed E-state index contributed by atoms with van der Waals surface area (Å²) in [4.78, 5) is 29.7. The van der Waals surface area contributed by atoms with Crippen LogP contribution in [0.2, 0.25) is 0 Å². The monoisotopic (exact) mass is 332 g/mol. The van der Waals surface area contributed by atoms with Gasteiger partial charge in [0.25, 0.3) is 5.91 Å². The van der Waals surface area contributed by atoms with E-state index in [0.717, 1.165) is 16.3 Å². The Morgan fingerprint density at radius 2 is 2.30 bits per heavy atom. The lowest BCUT2D eigenvalue weighted by molar-refractivity contribution is -0.142. The van der Waals surface area contributed by atoms with E-state index in [1.807, 2.05) is 24.4 Å². The second kappa shape index (κ2) is 6.37. The first-order valence-electron chi connectivity index (χ1n) is 7.24. The van der Waals surface area contributed by atoms with E-state index in [-0.39, 0.29) is 25.7 Å². The number of benzene rings is 1. The zero-order valence-electron chi connectivity index (χ0n) is 12.9. The van der Waals surface area contributed by atoms with Crippen molar-refractivity contribution < 1.29 is 19.1 Å². The highest BCUT2D eigenvalue weighted by Gasteiger charge is 2.28. The highest BCUT2D eigenvalue weighted by atomic mass is 32.1. The molecule has 7 heteroatoms. The van der Waals surface area contributed by atoms with Crippen LogP contribution in [0.25, 0.3) is 11.3 Å². The van der Waals surface area contributed by atoms with Gasteiger partial charge in [0, 0.05) is 10.9 Å². The number of esters is 1. The molecule has 0 aliphatic carbocycles. The van der Waals surface area contributed by atoms with Gasteiger partial charge in [0.05, 0.1) is 23.0 Å². The number of aryl methyl sites for hydroxylation is 1. The third-order valence-electron chi connectivity index (χ3n) is 3.41.